The number of carbonyl (C=O) groups excluding carboxylic acids is 1. The molecule has 0 aromatic carbocycles. The second-order valence-electron chi connectivity index (χ2n) is 2.49. The van der Waals surface area contributed by atoms with Gasteiger partial charge in [0.05, 0.1) is 0 Å². The first kappa shape index (κ1) is 8.51. The molecule has 0 aromatic rings. The summed E-state index contributed by atoms with van der Waals surface area (Å²) < 4.78 is 0. The number of aliphatic carboxylic acids is 2. The number of carboxylic acids is 2. The molecule has 0 saturated carbocycles. The lowest BCUT2D eigenvalue weighted by atomic mass is 10.3. The van der Waals surface area contributed by atoms with E-state index in [-0.39, 0.29) is 0 Å². The van der Waals surface area contributed by atoms with Crippen LogP contribution in [-0.2, 0) is 14.4 Å². The molecule has 0 unspecified atom stereocenters. The predicted molar refractivity (Wildman–Crippen MR) is 35.4 cm³/mol. The number of rotatable bonds is 2. The van der Waals surface area contributed by atoms with Gasteiger partial charge in [0.15, 0.2) is 12.1 Å². The quantitative estimate of drug-likeness (QED) is 0.509. The SMILES string of the molecule is CC(=O)N1[C@H](C(=O)O)[C@H]1C(=O)O. The predicted octanol–water partition coefficient (Wildman–Crippen LogP) is -1.25. The summed E-state index contributed by atoms with van der Waals surface area (Å²) in [5, 5.41) is 16.9. The molecule has 0 spiro atoms. The van der Waals surface area contributed by atoms with Crippen LogP contribution < -0.4 is 0 Å². The molecule has 1 saturated heterocycles. The zero-order valence-corrected chi connectivity index (χ0v) is 6.22. The first-order valence-electron chi connectivity index (χ1n) is 3.21. The number of nitrogens with zero attached hydrogens (tertiary/aromatic N) is 1. The summed E-state index contributed by atoms with van der Waals surface area (Å²) in [7, 11) is 0. The molecule has 0 aliphatic carbocycles. The molecule has 66 valence electrons. The van der Waals surface area contributed by atoms with Crippen LogP contribution in [0.15, 0.2) is 0 Å². The standard InChI is InChI=1S/C6H7NO5/c1-2(8)7-3(5(9)10)4(7)6(11)12/h3-4H,1H3,(H,9,10)(H,11,12)/t3-,4-/m0/s1. The molecule has 0 bridgehead atoms. The van der Waals surface area contributed by atoms with Gasteiger partial charge in [0, 0.05) is 6.92 Å². The fourth-order valence-electron chi connectivity index (χ4n) is 1.13. The van der Waals surface area contributed by atoms with Crippen molar-refractivity contribution in [2.45, 2.75) is 19.0 Å². The van der Waals surface area contributed by atoms with E-state index in [2.05, 4.69) is 0 Å². The minimum absolute atomic E-state index is 0.533. The molecule has 2 atom stereocenters. The van der Waals surface area contributed by atoms with Gasteiger partial charge in [-0.1, -0.05) is 0 Å². The van der Waals surface area contributed by atoms with E-state index in [4.69, 9.17) is 10.2 Å². The fourth-order valence-corrected chi connectivity index (χ4v) is 1.13. The number of hydrogen-bond donors (Lipinski definition) is 2. The molecule has 0 radical (unpaired) electrons. The normalized spacial score (nSPS) is 26.6. The molecule has 1 rings (SSSR count). The fraction of sp³-hybridized carbons (Fsp3) is 0.500. The van der Waals surface area contributed by atoms with Crippen molar-refractivity contribution in [1.29, 1.82) is 0 Å². The van der Waals surface area contributed by atoms with Crippen molar-refractivity contribution in [1.82, 2.24) is 4.90 Å². The highest BCUT2D eigenvalue weighted by Crippen LogP contribution is 2.28. The first-order chi connectivity index (χ1) is 5.46. The molecular weight excluding hydrogens is 166 g/mol. The van der Waals surface area contributed by atoms with Gasteiger partial charge >= 0.3 is 11.9 Å². The smallest absolute Gasteiger partial charge is 0.329 e. The summed E-state index contributed by atoms with van der Waals surface area (Å²) in [5.41, 5.74) is 0. The van der Waals surface area contributed by atoms with Crippen LogP contribution in [0.4, 0.5) is 0 Å². The van der Waals surface area contributed by atoms with Crippen LogP contribution in [0.2, 0.25) is 0 Å². The molecule has 12 heavy (non-hydrogen) atoms. The first-order valence-corrected chi connectivity index (χ1v) is 3.21. The van der Waals surface area contributed by atoms with Gasteiger partial charge in [0.2, 0.25) is 5.91 Å². The lowest BCUT2D eigenvalue weighted by Gasteiger charge is -1.93. The summed E-state index contributed by atoms with van der Waals surface area (Å²) in [6.45, 7) is 1.14. The van der Waals surface area contributed by atoms with Crippen molar-refractivity contribution in [3.8, 4) is 0 Å². The third-order valence-electron chi connectivity index (χ3n) is 1.68. The minimum atomic E-state index is -1.28. The maximum Gasteiger partial charge on any atom is 0.329 e. The van der Waals surface area contributed by atoms with Crippen molar-refractivity contribution in [2.24, 2.45) is 0 Å². The van der Waals surface area contributed by atoms with E-state index >= 15 is 0 Å². The van der Waals surface area contributed by atoms with Gasteiger partial charge in [-0.3, -0.25) is 4.79 Å². The molecule has 1 amide bonds. The van der Waals surface area contributed by atoms with Crippen LogP contribution in [0.1, 0.15) is 6.92 Å². The second-order valence-corrected chi connectivity index (χ2v) is 2.49. The molecular formula is C6H7NO5. The largest absolute Gasteiger partial charge is 0.480 e. The average Bonchev–Trinajstić information content (AvgIpc) is 2.58. The third-order valence-corrected chi connectivity index (χ3v) is 1.68. The van der Waals surface area contributed by atoms with Gasteiger partial charge < -0.3 is 15.1 Å². The van der Waals surface area contributed by atoms with Crippen molar-refractivity contribution in [3.05, 3.63) is 0 Å². The highest BCUT2D eigenvalue weighted by atomic mass is 16.4. The Labute approximate surface area is 67.4 Å². The van der Waals surface area contributed by atoms with E-state index in [1.807, 2.05) is 0 Å². The molecule has 1 aliphatic heterocycles. The number of carbonyl (C=O) groups is 3. The van der Waals surface area contributed by atoms with Crippen LogP contribution in [0.25, 0.3) is 0 Å². The Kier molecular flexibility index (Phi) is 1.75. The molecule has 1 aliphatic rings. The maximum absolute atomic E-state index is 10.6. The Morgan fingerprint density at radius 3 is 1.50 bits per heavy atom. The van der Waals surface area contributed by atoms with Gasteiger partial charge in [-0.2, -0.15) is 0 Å². The Hall–Kier alpha value is -1.59. The Bertz CT molecular complexity index is 212. The van der Waals surface area contributed by atoms with Crippen LogP contribution >= 0.6 is 0 Å². The number of hydrogen-bond acceptors (Lipinski definition) is 3. The number of carboxylic acid groups (broad SMARTS) is 2. The molecule has 6 heteroatoms. The molecule has 6 nitrogen and oxygen atoms in total. The Morgan fingerprint density at radius 1 is 1.08 bits per heavy atom. The van der Waals surface area contributed by atoms with E-state index in [9.17, 15) is 14.4 Å². The van der Waals surface area contributed by atoms with Crippen LogP contribution in [-0.4, -0.2) is 45.0 Å². The van der Waals surface area contributed by atoms with Gasteiger partial charge in [0.25, 0.3) is 0 Å². The van der Waals surface area contributed by atoms with Gasteiger partial charge in [-0.25, -0.2) is 9.59 Å². The van der Waals surface area contributed by atoms with Gasteiger partial charge in [0.1, 0.15) is 0 Å². The molecule has 1 heterocycles. The van der Waals surface area contributed by atoms with E-state index in [0.717, 1.165) is 11.8 Å². The van der Waals surface area contributed by atoms with Gasteiger partial charge in [-0.05, 0) is 0 Å². The van der Waals surface area contributed by atoms with Crippen LogP contribution in [0.3, 0.4) is 0 Å². The van der Waals surface area contributed by atoms with E-state index in [0.29, 0.717) is 0 Å². The highest BCUT2D eigenvalue weighted by Gasteiger charge is 2.59. The third kappa shape index (κ3) is 1.11. The monoisotopic (exact) mass is 173 g/mol. The summed E-state index contributed by atoms with van der Waals surface area (Å²) >= 11 is 0. The Balaban J connectivity index is 2.74. The lowest BCUT2D eigenvalue weighted by Crippen LogP contribution is -2.15. The summed E-state index contributed by atoms with van der Waals surface area (Å²) in [4.78, 5) is 32.1. The van der Waals surface area contributed by atoms with Crippen molar-refractivity contribution < 1.29 is 24.6 Å². The maximum atomic E-state index is 10.6. The topological polar surface area (TPSA) is 94.7 Å². The highest BCUT2D eigenvalue weighted by molar-refractivity contribution is 5.98. The molecule has 1 fully saturated rings. The van der Waals surface area contributed by atoms with Crippen LogP contribution in [0.5, 0.6) is 0 Å². The summed E-state index contributed by atoms with van der Waals surface area (Å²) in [5.74, 6) is -3.09. The average molecular weight is 173 g/mol. The van der Waals surface area contributed by atoms with Crippen LogP contribution in [0, 0.1) is 0 Å². The minimum Gasteiger partial charge on any atom is -0.480 e. The summed E-state index contributed by atoms with van der Waals surface area (Å²) in [6, 6.07) is -2.36. The molecule has 0 aromatic heterocycles. The number of amides is 1. The van der Waals surface area contributed by atoms with E-state index in [1.54, 1.807) is 0 Å². The van der Waals surface area contributed by atoms with Crippen molar-refractivity contribution >= 4 is 17.8 Å². The molecule has 2 N–H and O–H groups in total. The van der Waals surface area contributed by atoms with E-state index < -0.39 is 29.9 Å². The van der Waals surface area contributed by atoms with Crippen molar-refractivity contribution in [3.63, 3.8) is 0 Å². The summed E-state index contributed by atoms with van der Waals surface area (Å²) in [6.07, 6.45) is 0. The van der Waals surface area contributed by atoms with Crippen molar-refractivity contribution in [2.75, 3.05) is 0 Å². The van der Waals surface area contributed by atoms with Gasteiger partial charge in [-0.15, -0.1) is 0 Å². The Morgan fingerprint density at radius 2 is 1.42 bits per heavy atom. The zero-order valence-electron chi connectivity index (χ0n) is 6.22. The lowest BCUT2D eigenvalue weighted by molar-refractivity contribution is -0.140. The zero-order chi connectivity index (χ0) is 9.46. The second kappa shape index (κ2) is 2.47. The van der Waals surface area contributed by atoms with E-state index in [1.165, 1.54) is 0 Å².